The molecule has 0 aliphatic carbocycles. The maximum atomic E-state index is 4.49. The van der Waals surface area contributed by atoms with Gasteiger partial charge in [-0.3, -0.25) is 4.98 Å². The van der Waals surface area contributed by atoms with E-state index in [2.05, 4.69) is 60.1 Å². The Morgan fingerprint density at radius 2 is 2.19 bits per heavy atom. The molecule has 2 heterocycles. The number of likely N-dealkylation sites (N-methyl/N-ethyl adjacent to an activating group) is 1. The zero-order valence-corrected chi connectivity index (χ0v) is 14.0. The molecule has 1 aromatic rings. The van der Waals surface area contributed by atoms with Crippen LogP contribution in [-0.4, -0.2) is 49.2 Å². The minimum absolute atomic E-state index is 0.552. The average Bonchev–Trinajstić information content (AvgIpc) is 2.59. The van der Waals surface area contributed by atoms with E-state index in [9.17, 15) is 0 Å². The van der Waals surface area contributed by atoms with E-state index in [1.165, 1.54) is 18.7 Å². The molecule has 1 N–H and O–H groups in total. The first-order valence-electron chi connectivity index (χ1n) is 8.17. The van der Waals surface area contributed by atoms with E-state index >= 15 is 0 Å². The number of hydrogen-bond acceptors (Lipinski definition) is 4. The summed E-state index contributed by atoms with van der Waals surface area (Å²) in [5.41, 5.74) is 2.45. The van der Waals surface area contributed by atoms with Gasteiger partial charge in [0.15, 0.2) is 0 Å². The molecule has 1 atom stereocenters. The number of aromatic nitrogens is 1. The van der Waals surface area contributed by atoms with Crippen molar-refractivity contribution in [3.63, 3.8) is 0 Å². The fourth-order valence-electron chi connectivity index (χ4n) is 2.99. The van der Waals surface area contributed by atoms with Crippen molar-refractivity contribution in [3.8, 4) is 0 Å². The minimum Gasteiger partial charge on any atom is -0.367 e. The van der Waals surface area contributed by atoms with Crippen molar-refractivity contribution >= 4 is 5.69 Å². The molecule has 2 rings (SSSR count). The van der Waals surface area contributed by atoms with Crippen LogP contribution in [0.5, 0.6) is 0 Å². The van der Waals surface area contributed by atoms with E-state index < -0.39 is 0 Å². The standard InChI is InChI=1S/C17H30N4/c1-14(2)11-18-12-16-10-17(6-7-19-16)21-9-5-8-20(4)13-15(21)3/h6-7,10,14-15,18H,5,8-9,11-13H2,1-4H3. The molecule has 0 amide bonds. The summed E-state index contributed by atoms with van der Waals surface area (Å²) >= 11 is 0. The van der Waals surface area contributed by atoms with E-state index in [0.29, 0.717) is 12.0 Å². The van der Waals surface area contributed by atoms with Crippen LogP contribution in [0.3, 0.4) is 0 Å². The van der Waals surface area contributed by atoms with Gasteiger partial charge in [0.2, 0.25) is 0 Å². The lowest BCUT2D eigenvalue weighted by Gasteiger charge is -2.30. The molecule has 1 aliphatic rings. The van der Waals surface area contributed by atoms with Crippen LogP contribution >= 0.6 is 0 Å². The summed E-state index contributed by atoms with van der Waals surface area (Å²) in [5, 5.41) is 3.47. The van der Waals surface area contributed by atoms with Crippen LogP contribution in [0.4, 0.5) is 5.69 Å². The molecular weight excluding hydrogens is 260 g/mol. The molecule has 21 heavy (non-hydrogen) atoms. The second kappa shape index (κ2) is 7.76. The van der Waals surface area contributed by atoms with Crippen LogP contribution in [0.15, 0.2) is 18.3 Å². The Labute approximate surface area is 129 Å². The van der Waals surface area contributed by atoms with Crippen molar-refractivity contribution in [2.24, 2.45) is 5.92 Å². The zero-order chi connectivity index (χ0) is 15.2. The molecule has 0 radical (unpaired) electrons. The smallest absolute Gasteiger partial charge is 0.0562 e. The maximum absolute atomic E-state index is 4.49. The van der Waals surface area contributed by atoms with Gasteiger partial charge >= 0.3 is 0 Å². The summed E-state index contributed by atoms with van der Waals surface area (Å²) in [7, 11) is 2.22. The van der Waals surface area contributed by atoms with Crippen LogP contribution in [0.25, 0.3) is 0 Å². The number of anilines is 1. The summed E-state index contributed by atoms with van der Waals surface area (Å²) in [5.74, 6) is 0.675. The Morgan fingerprint density at radius 1 is 1.38 bits per heavy atom. The molecular formula is C17H30N4. The third kappa shape index (κ3) is 4.97. The highest BCUT2D eigenvalue weighted by molar-refractivity contribution is 5.47. The minimum atomic E-state index is 0.552. The van der Waals surface area contributed by atoms with Crippen molar-refractivity contribution in [1.29, 1.82) is 0 Å². The number of hydrogen-bond donors (Lipinski definition) is 1. The summed E-state index contributed by atoms with van der Waals surface area (Å²) in [4.78, 5) is 9.45. The number of pyridine rings is 1. The van der Waals surface area contributed by atoms with Gasteiger partial charge in [0.1, 0.15) is 0 Å². The molecule has 0 bridgehead atoms. The van der Waals surface area contributed by atoms with E-state index in [0.717, 1.165) is 31.9 Å². The van der Waals surface area contributed by atoms with E-state index in [4.69, 9.17) is 0 Å². The largest absolute Gasteiger partial charge is 0.367 e. The van der Waals surface area contributed by atoms with Gasteiger partial charge in [0, 0.05) is 37.6 Å². The zero-order valence-electron chi connectivity index (χ0n) is 14.0. The molecule has 1 fully saturated rings. The Bertz CT molecular complexity index is 433. The molecule has 0 saturated carbocycles. The highest BCUT2D eigenvalue weighted by Gasteiger charge is 2.20. The first-order chi connectivity index (χ1) is 10.1. The quantitative estimate of drug-likeness (QED) is 0.902. The third-order valence-corrected chi connectivity index (χ3v) is 4.04. The van der Waals surface area contributed by atoms with Crippen molar-refractivity contribution < 1.29 is 0 Å². The van der Waals surface area contributed by atoms with Crippen LogP contribution in [-0.2, 0) is 6.54 Å². The van der Waals surface area contributed by atoms with Gasteiger partial charge in [-0.15, -0.1) is 0 Å². The lowest BCUT2D eigenvalue weighted by atomic mass is 10.2. The molecule has 4 heteroatoms. The Balaban J connectivity index is 2.02. The summed E-state index contributed by atoms with van der Waals surface area (Å²) < 4.78 is 0. The molecule has 1 aliphatic heterocycles. The van der Waals surface area contributed by atoms with Crippen LogP contribution in [0.1, 0.15) is 32.9 Å². The SMILES string of the molecule is CC(C)CNCc1cc(N2CCCN(C)CC2C)ccn1. The molecule has 4 nitrogen and oxygen atoms in total. The highest BCUT2D eigenvalue weighted by Crippen LogP contribution is 2.20. The maximum Gasteiger partial charge on any atom is 0.0562 e. The number of nitrogens with one attached hydrogen (secondary N) is 1. The predicted molar refractivity (Wildman–Crippen MR) is 89.7 cm³/mol. The lowest BCUT2D eigenvalue weighted by Crippen LogP contribution is -2.38. The summed E-state index contributed by atoms with van der Waals surface area (Å²) in [6.07, 6.45) is 3.17. The van der Waals surface area contributed by atoms with E-state index in [1.54, 1.807) is 0 Å². The first kappa shape index (κ1) is 16.2. The normalized spacial score (nSPS) is 20.8. The van der Waals surface area contributed by atoms with Crippen LogP contribution in [0.2, 0.25) is 0 Å². The molecule has 1 saturated heterocycles. The second-order valence-electron chi connectivity index (χ2n) is 6.69. The van der Waals surface area contributed by atoms with Crippen molar-refractivity contribution in [2.45, 2.75) is 39.8 Å². The van der Waals surface area contributed by atoms with Crippen LogP contribution in [0, 0.1) is 5.92 Å². The monoisotopic (exact) mass is 290 g/mol. The van der Waals surface area contributed by atoms with Gasteiger partial charge < -0.3 is 15.1 Å². The van der Waals surface area contributed by atoms with Gasteiger partial charge in [-0.1, -0.05) is 13.8 Å². The Hall–Kier alpha value is -1.13. The van der Waals surface area contributed by atoms with Gasteiger partial charge in [0.25, 0.3) is 0 Å². The summed E-state index contributed by atoms with van der Waals surface area (Å²) in [6, 6.07) is 4.94. The van der Waals surface area contributed by atoms with Crippen molar-refractivity contribution in [3.05, 3.63) is 24.0 Å². The second-order valence-corrected chi connectivity index (χ2v) is 6.69. The first-order valence-corrected chi connectivity index (χ1v) is 8.17. The number of rotatable bonds is 5. The Morgan fingerprint density at radius 3 is 2.95 bits per heavy atom. The topological polar surface area (TPSA) is 31.4 Å². The Kier molecular flexibility index (Phi) is 6.00. The fraction of sp³-hybridized carbons (Fsp3) is 0.706. The predicted octanol–water partition coefficient (Wildman–Crippen LogP) is 2.36. The fourth-order valence-corrected chi connectivity index (χ4v) is 2.99. The molecule has 1 aromatic heterocycles. The van der Waals surface area contributed by atoms with E-state index in [1.807, 2.05) is 6.20 Å². The van der Waals surface area contributed by atoms with E-state index in [-0.39, 0.29) is 0 Å². The molecule has 118 valence electrons. The average molecular weight is 290 g/mol. The summed E-state index contributed by atoms with van der Waals surface area (Å²) in [6.45, 7) is 12.1. The number of nitrogens with zero attached hydrogens (tertiary/aromatic N) is 3. The third-order valence-electron chi connectivity index (χ3n) is 4.04. The van der Waals surface area contributed by atoms with Crippen LogP contribution < -0.4 is 10.2 Å². The van der Waals surface area contributed by atoms with Gasteiger partial charge in [-0.2, -0.15) is 0 Å². The van der Waals surface area contributed by atoms with Gasteiger partial charge in [-0.25, -0.2) is 0 Å². The molecule has 1 unspecified atom stereocenters. The van der Waals surface area contributed by atoms with Gasteiger partial charge in [-0.05, 0) is 51.5 Å². The van der Waals surface area contributed by atoms with Crippen molar-refractivity contribution in [2.75, 3.05) is 38.1 Å². The van der Waals surface area contributed by atoms with Crippen molar-refractivity contribution in [1.82, 2.24) is 15.2 Å². The molecule has 0 aromatic carbocycles. The highest BCUT2D eigenvalue weighted by atomic mass is 15.2. The molecule has 0 spiro atoms. The van der Waals surface area contributed by atoms with Gasteiger partial charge in [0.05, 0.1) is 5.69 Å². The lowest BCUT2D eigenvalue weighted by molar-refractivity contribution is 0.337.